The van der Waals surface area contributed by atoms with E-state index >= 15 is 0 Å². The number of anilines is 1. The van der Waals surface area contributed by atoms with Crippen molar-refractivity contribution in [3.05, 3.63) is 63.7 Å². The second kappa shape index (κ2) is 8.50. The van der Waals surface area contributed by atoms with E-state index in [1.807, 2.05) is 36.4 Å². The largest absolute Gasteiger partial charge is 0.493 e. The van der Waals surface area contributed by atoms with Crippen LogP contribution in [-0.2, 0) is 4.79 Å². The smallest absolute Gasteiger partial charge is 0.229 e. The van der Waals surface area contributed by atoms with Crippen LogP contribution in [0.2, 0.25) is 5.02 Å². The number of benzene rings is 2. The molecule has 1 amide bonds. The second-order valence-electron chi connectivity index (χ2n) is 6.95. The molecule has 1 atom stereocenters. The molecule has 2 aromatic carbocycles. The third-order valence-electron chi connectivity index (χ3n) is 5.30. The molecule has 30 heavy (non-hydrogen) atoms. The molecule has 2 heterocycles. The average molecular weight is 442 g/mol. The zero-order valence-corrected chi connectivity index (χ0v) is 18.2. The minimum Gasteiger partial charge on any atom is -0.493 e. The van der Waals surface area contributed by atoms with Gasteiger partial charge in [-0.15, -0.1) is 0 Å². The summed E-state index contributed by atoms with van der Waals surface area (Å²) in [5.41, 5.74) is 2.47. The summed E-state index contributed by atoms with van der Waals surface area (Å²) in [6, 6.07) is 15.4. The number of carbonyl (C=O) groups is 1. The van der Waals surface area contributed by atoms with Crippen LogP contribution in [0.15, 0.2) is 53.1 Å². The number of nitrogens with zero attached hydrogens (tertiary/aromatic N) is 3. The third-order valence-corrected chi connectivity index (χ3v) is 6.70. The van der Waals surface area contributed by atoms with Crippen molar-refractivity contribution in [2.24, 2.45) is 0 Å². The number of allylic oxidation sites excluding steroid dienone is 1. The Balaban J connectivity index is 1.66. The summed E-state index contributed by atoms with van der Waals surface area (Å²) in [6.07, 6.45) is 0.233. The van der Waals surface area contributed by atoms with Crippen LogP contribution in [0.5, 0.6) is 11.5 Å². The Hall–Kier alpha value is -2.82. The summed E-state index contributed by atoms with van der Waals surface area (Å²) >= 11 is 7.49. The second-order valence-corrected chi connectivity index (χ2v) is 8.32. The molecular weight excluding hydrogens is 422 g/mol. The van der Waals surface area contributed by atoms with Gasteiger partial charge >= 0.3 is 0 Å². The predicted octanol–water partition coefficient (Wildman–Crippen LogP) is 4.58. The number of hydrogen-bond donors (Lipinski definition) is 0. The molecule has 4 rings (SSSR count). The zero-order valence-electron chi connectivity index (χ0n) is 16.6. The highest BCUT2D eigenvalue weighted by molar-refractivity contribution is 8.03. The monoisotopic (exact) mass is 441 g/mol. The van der Waals surface area contributed by atoms with Gasteiger partial charge in [-0.05, 0) is 42.0 Å². The number of ether oxygens (including phenoxy) is 2. The van der Waals surface area contributed by atoms with E-state index in [0.29, 0.717) is 34.6 Å². The van der Waals surface area contributed by atoms with Crippen molar-refractivity contribution in [3.63, 3.8) is 0 Å². The Morgan fingerprint density at radius 3 is 2.53 bits per heavy atom. The highest BCUT2D eigenvalue weighted by Crippen LogP contribution is 2.44. The first-order valence-electron chi connectivity index (χ1n) is 9.35. The van der Waals surface area contributed by atoms with Crippen LogP contribution in [0.3, 0.4) is 0 Å². The lowest BCUT2D eigenvalue weighted by Crippen LogP contribution is -2.47. The van der Waals surface area contributed by atoms with E-state index in [2.05, 4.69) is 11.0 Å². The Labute approximate surface area is 184 Å². The molecule has 1 saturated heterocycles. The highest BCUT2D eigenvalue weighted by atomic mass is 35.5. The lowest BCUT2D eigenvalue weighted by Gasteiger charge is -2.42. The van der Waals surface area contributed by atoms with Crippen molar-refractivity contribution in [1.82, 2.24) is 4.90 Å². The molecule has 0 spiro atoms. The highest BCUT2D eigenvalue weighted by Gasteiger charge is 2.38. The lowest BCUT2D eigenvalue weighted by molar-refractivity contribution is -0.129. The van der Waals surface area contributed by atoms with E-state index in [4.69, 9.17) is 21.1 Å². The summed E-state index contributed by atoms with van der Waals surface area (Å²) < 4.78 is 10.7. The van der Waals surface area contributed by atoms with Crippen molar-refractivity contribution in [2.75, 3.05) is 31.7 Å². The molecule has 0 radical (unpaired) electrons. The fourth-order valence-corrected chi connectivity index (χ4v) is 5.03. The number of hydrogen-bond acceptors (Lipinski definition) is 6. The number of thioether (sulfide) groups is 1. The molecule has 2 aromatic rings. The van der Waals surface area contributed by atoms with Gasteiger partial charge in [0.2, 0.25) is 5.91 Å². The van der Waals surface area contributed by atoms with Gasteiger partial charge in [-0.3, -0.25) is 9.69 Å². The normalized spacial score (nSPS) is 18.7. The molecule has 1 unspecified atom stereocenters. The maximum absolute atomic E-state index is 13.0. The fraction of sp³-hybridized carbons (Fsp3) is 0.273. The topological polar surface area (TPSA) is 65.8 Å². The minimum absolute atomic E-state index is 0.00468. The fourth-order valence-electron chi connectivity index (χ4n) is 3.73. The molecule has 6 nitrogen and oxygen atoms in total. The number of halogens is 1. The standard InChI is InChI=1S/C22H20ClN3O3S/c1-28-19-8-3-14(9-20(19)29-2)17-10-21(27)26-12-25(13-30-22(26)18(17)11-24)16-6-4-15(23)5-7-16/h3-9,17H,10,12-13H2,1-2H3. The van der Waals surface area contributed by atoms with Crippen LogP contribution >= 0.6 is 23.4 Å². The summed E-state index contributed by atoms with van der Waals surface area (Å²) in [4.78, 5) is 16.8. The van der Waals surface area contributed by atoms with Crippen molar-refractivity contribution >= 4 is 35.0 Å². The van der Waals surface area contributed by atoms with Crippen LogP contribution in [-0.4, -0.2) is 37.6 Å². The van der Waals surface area contributed by atoms with Gasteiger partial charge in [-0.2, -0.15) is 5.26 Å². The van der Waals surface area contributed by atoms with E-state index in [-0.39, 0.29) is 18.2 Å². The molecular formula is C22H20ClN3O3S. The molecule has 0 saturated carbocycles. The molecule has 2 aliphatic rings. The quantitative estimate of drug-likeness (QED) is 0.692. The molecule has 154 valence electrons. The summed E-state index contributed by atoms with van der Waals surface area (Å²) in [6.45, 7) is 0.409. The summed E-state index contributed by atoms with van der Waals surface area (Å²) in [7, 11) is 3.15. The van der Waals surface area contributed by atoms with Crippen LogP contribution in [0.4, 0.5) is 5.69 Å². The van der Waals surface area contributed by atoms with E-state index < -0.39 is 0 Å². The van der Waals surface area contributed by atoms with Gasteiger partial charge in [0.25, 0.3) is 0 Å². The zero-order chi connectivity index (χ0) is 21.3. The molecule has 0 aliphatic carbocycles. The Morgan fingerprint density at radius 1 is 1.13 bits per heavy atom. The van der Waals surface area contributed by atoms with Gasteiger partial charge in [0.15, 0.2) is 11.5 Å². The van der Waals surface area contributed by atoms with Crippen LogP contribution in [0.25, 0.3) is 0 Å². The maximum atomic E-state index is 13.0. The molecule has 0 aromatic heterocycles. The molecule has 2 aliphatic heterocycles. The number of fused-ring (bicyclic) bond motifs is 1. The van der Waals surface area contributed by atoms with Gasteiger partial charge in [0.1, 0.15) is 0 Å². The van der Waals surface area contributed by atoms with Crippen molar-refractivity contribution in [2.45, 2.75) is 12.3 Å². The first-order valence-corrected chi connectivity index (χ1v) is 10.7. The van der Waals surface area contributed by atoms with E-state index in [1.54, 1.807) is 25.2 Å². The Morgan fingerprint density at radius 2 is 1.87 bits per heavy atom. The Kier molecular flexibility index (Phi) is 5.80. The first-order chi connectivity index (χ1) is 14.5. The first kappa shape index (κ1) is 20.5. The van der Waals surface area contributed by atoms with Crippen molar-refractivity contribution < 1.29 is 14.3 Å². The lowest BCUT2D eigenvalue weighted by atomic mass is 9.86. The third kappa shape index (κ3) is 3.69. The van der Waals surface area contributed by atoms with E-state index in [1.165, 1.54) is 11.8 Å². The van der Waals surface area contributed by atoms with Gasteiger partial charge < -0.3 is 14.4 Å². The van der Waals surface area contributed by atoms with Crippen LogP contribution in [0, 0.1) is 11.3 Å². The average Bonchev–Trinajstić information content (AvgIpc) is 2.78. The van der Waals surface area contributed by atoms with Gasteiger partial charge in [0, 0.05) is 23.0 Å². The number of carbonyl (C=O) groups excluding carboxylic acids is 1. The summed E-state index contributed by atoms with van der Waals surface area (Å²) in [5, 5.41) is 11.3. The Bertz CT molecular complexity index is 1050. The van der Waals surface area contributed by atoms with Crippen molar-refractivity contribution in [1.29, 1.82) is 5.26 Å². The van der Waals surface area contributed by atoms with Gasteiger partial charge in [-0.25, -0.2) is 0 Å². The van der Waals surface area contributed by atoms with Crippen LogP contribution in [0.1, 0.15) is 17.9 Å². The predicted molar refractivity (Wildman–Crippen MR) is 118 cm³/mol. The number of amides is 1. The van der Waals surface area contributed by atoms with E-state index in [9.17, 15) is 10.1 Å². The SMILES string of the molecule is COc1ccc(C2CC(=O)N3CN(c4ccc(Cl)cc4)CSC3=C2C#N)cc1OC. The van der Waals surface area contributed by atoms with E-state index in [0.717, 1.165) is 16.3 Å². The van der Waals surface area contributed by atoms with Crippen molar-refractivity contribution in [3.8, 4) is 17.6 Å². The van der Waals surface area contributed by atoms with Crippen LogP contribution < -0.4 is 14.4 Å². The molecule has 0 N–H and O–H groups in total. The minimum atomic E-state index is -0.303. The molecule has 1 fully saturated rings. The molecule has 8 heteroatoms. The van der Waals surface area contributed by atoms with Gasteiger partial charge in [-0.1, -0.05) is 29.4 Å². The van der Waals surface area contributed by atoms with Gasteiger partial charge in [0.05, 0.1) is 43.4 Å². The maximum Gasteiger partial charge on any atom is 0.229 e. The number of methoxy groups -OCH3 is 2. The number of rotatable bonds is 4. The summed E-state index contributed by atoms with van der Waals surface area (Å²) in [5.74, 6) is 1.53. The number of nitriles is 1. The molecule has 0 bridgehead atoms.